The van der Waals surface area contributed by atoms with Gasteiger partial charge in [0.15, 0.2) is 22.8 Å². The number of fused-ring (bicyclic) bond motifs is 1. The maximum Gasteiger partial charge on any atom is 0.227 e. The molecule has 0 unspecified atom stereocenters. The molecule has 11 heteroatoms. The minimum absolute atomic E-state index is 0.307. The fourth-order valence-electron chi connectivity index (χ4n) is 2.42. The molecular weight excluding hydrogens is 351 g/mol. The average Bonchev–Trinajstić information content (AvgIpc) is 3.07. The summed E-state index contributed by atoms with van der Waals surface area (Å²) < 4.78 is 14.8. The Morgan fingerprint density at radius 1 is 1.04 bits per heavy atom. The lowest BCUT2D eigenvalue weighted by atomic mass is 10.3. The van der Waals surface area contributed by atoms with Gasteiger partial charge in [-0.3, -0.25) is 0 Å². The van der Waals surface area contributed by atoms with Crippen molar-refractivity contribution in [2.24, 2.45) is 7.05 Å². The third kappa shape index (κ3) is 3.61. The van der Waals surface area contributed by atoms with Gasteiger partial charge in [-0.25, -0.2) is 29.3 Å². The van der Waals surface area contributed by atoms with Gasteiger partial charge in [0, 0.05) is 25.6 Å². The van der Waals surface area contributed by atoms with E-state index < -0.39 is 5.82 Å². The molecule has 0 aliphatic heterocycles. The molecule has 0 aromatic carbocycles. The van der Waals surface area contributed by atoms with Gasteiger partial charge >= 0.3 is 0 Å². The zero-order chi connectivity index (χ0) is 18.8. The van der Waals surface area contributed by atoms with Crippen LogP contribution in [0.25, 0.3) is 11.2 Å². The van der Waals surface area contributed by atoms with Crippen molar-refractivity contribution in [3.8, 4) is 0 Å². The summed E-state index contributed by atoms with van der Waals surface area (Å²) in [7, 11) is 1.87. The van der Waals surface area contributed by atoms with Crippen LogP contribution in [0.4, 0.5) is 22.0 Å². The first-order chi connectivity index (χ1) is 13.1. The highest BCUT2D eigenvalue weighted by atomic mass is 19.1. The highest BCUT2D eigenvalue weighted by molar-refractivity contribution is 5.85. The van der Waals surface area contributed by atoms with E-state index in [2.05, 4.69) is 45.5 Å². The Morgan fingerprint density at radius 3 is 2.56 bits per heavy atom. The molecule has 1 atom stereocenters. The van der Waals surface area contributed by atoms with E-state index >= 15 is 0 Å². The van der Waals surface area contributed by atoms with E-state index in [9.17, 15) is 4.39 Å². The second-order valence-electron chi connectivity index (χ2n) is 5.80. The zero-order valence-electron chi connectivity index (χ0n) is 14.5. The predicted octanol–water partition coefficient (Wildman–Crippen LogP) is 2.00. The summed E-state index contributed by atoms with van der Waals surface area (Å²) in [5.74, 6) is 1.30. The summed E-state index contributed by atoms with van der Waals surface area (Å²) in [6.07, 6.45) is 8.83. The van der Waals surface area contributed by atoms with E-state index in [1.807, 2.05) is 24.7 Å². The quantitative estimate of drug-likeness (QED) is 0.546. The van der Waals surface area contributed by atoms with Crippen LogP contribution in [0.1, 0.15) is 18.8 Å². The molecule has 0 saturated heterocycles. The summed E-state index contributed by atoms with van der Waals surface area (Å²) >= 11 is 0. The molecule has 27 heavy (non-hydrogen) atoms. The number of aromatic nitrogens is 8. The topological polar surface area (TPSA) is 119 Å². The number of nitrogens with one attached hydrogen (secondary N) is 2. The first kappa shape index (κ1) is 16.7. The molecule has 0 spiro atoms. The van der Waals surface area contributed by atoms with Crippen LogP contribution < -0.4 is 10.6 Å². The van der Waals surface area contributed by atoms with Gasteiger partial charge in [0.25, 0.3) is 0 Å². The van der Waals surface area contributed by atoms with E-state index in [-0.39, 0.29) is 6.04 Å². The normalized spacial score (nSPS) is 12.1. The van der Waals surface area contributed by atoms with Gasteiger partial charge < -0.3 is 15.2 Å². The first-order valence-electron chi connectivity index (χ1n) is 8.06. The van der Waals surface area contributed by atoms with Crippen LogP contribution >= 0.6 is 0 Å². The number of anilines is 3. The van der Waals surface area contributed by atoms with Gasteiger partial charge in [0.1, 0.15) is 11.6 Å². The SMILES string of the molecule is C[C@H](Nc1nc(Nc2cn(C)cn2)c2nccnc2n1)c1ncc(F)cn1. The molecule has 136 valence electrons. The van der Waals surface area contributed by atoms with Crippen molar-refractivity contribution in [3.63, 3.8) is 0 Å². The van der Waals surface area contributed by atoms with Crippen molar-refractivity contribution >= 4 is 28.7 Å². The van der Waals surface area contributed by atoms with Crippen LogP contribution in [0.3, 0.4) is 0 Å². The van der Waals surface area contributed by atoms with Crippen molar-refractivity contribution in [3.05, 3.63) is 49.0 Å². The maximum atomic E-state index is 13.0. The molecule has 0 bridgehead atoms. The number of rotatable bonds is 5. The number of imidazole rings is 1. The molecule has 0 fully saturated rings. The second kappa shape index (κ2) is 6.86. The van der Waals surface area contributed by atoms with E-state index in [1.165, 1.54) is 0 Å². The Hall–Kier alpha value is -3.76. The Bertz CT molecular complexity index is 1080. The van der Waals surface area contributed by atoms with Crippen LogP contribution in [0.5, 0.6) is 0 Å². The fourth-order valence-corrected chi connectivity index (χ4v) is 2.42. The van der Waals surface area contributed by atoms with E-state index in [0.29, 0.717) is 34.6 Å². The predicted molar refractivity (Wildman–Crippen MR) is 95.6 cm³/mol. The molecule has 4 rings (SSSR count). The summed E-state index contributed by atoms with van der Waals surface area (Å²) in [5, 5.41) is 6.22. The molecular formula is C16H15FN10. The molecule has 0 radical (unpaired) electrons. The Balaban J connectivity index is 1.67. The molecule has 2 N–H and O–H groups in total. The third-order valence-electron chi connectivity index (χ3n) is 3.66. The minimum atomic E-state index is -0.495. The zero-order valence-corrected chi connectivity index (χ0v) is 14.5. The van der Waals surface area contributed by atoms with Crippen molar-refractivity contribution in [2.45, 2.75) is 13.0 Å². The number of halogens is 1. The average molecular weight is 366 g/mol. The lowest BCUT2D eigenvalue weighted by Crippen LogP contribution is -2.14. The third-order valence-corrected chi connectivity index (χ3v) is 3.66. The molecule has 4 aromatic rings. The second-order valence-corrected chi connectivity index (χ2v) is 5.80. The Labute approximate surface area is 153 Å². The van der Waals surface area contributed by atoms with Crippen LogP contribution in [0.2, 0.25) is 0 Å². The summed E-state index contributed by atoms with van der Waals surface area (Å²) in [5.41, 5.74) is 0.931. The Kier molecular flexibility index (Phi) is 4.24. The fraction of sp³-hybridized carbons (Fsp3) is 0.188. The first-order valence-corrected chi connectivity index (χ1v) is 8.06. The smallest absolute Gasteiger partial charge is 0.227 e. The molecule has 10 nitrogen and oxygen atoms in total. The van der Waals surface area contributed by atoms with Gasteiger partial charge in [-0.2, -0.15) is 9.97 Å². The largest absolute Gasteiger partial charge is 0.344 e. The standard InChI is InChI=1S/C16H15FN10/c1-9(13-20-5-10(17)6-21-13)23-16-25-14-12(18-3-4-19-14)15(26-16)24-11-7-27(2)8-22-11/h3-9H,1-2H3,(H2,19,23,24,25,26)/t9-/m0/s1. The number of aryl methyl sites for hydroxylation is 1. The van der Waals surface area contributed by atoms with E-state index in [1.54, 1.807) is 18.7 Å². The van der Waals surface area contributed by atoms with Crippen molar-refractivity contribution < 1.29 is 4.39 Å². The van der Waals surface area contributed by atoms with Crippen molar-refractivity contribution in [1.29, 1.82) is 0 Å². The van der Waals surface area contributed by atoms with Gasteiger partial charge in [-0.1, -0.05) is 0 Å². The number of nitrogens with zero attached hydrogens (tertiary/aromatic N) is 8. The van der Waals surface area contributed by atoms with Gasteiger partial charge in [0.05, 0.1) is 24.8 Å². The van der Waals surface area contributed by atoms with Crippen molar-refractivity contribution in [2.75, 3.05) is 10.6 Å². The number of hydrogen-bond acceptors (Lipinski definition) is 9. The highest BCUT2D eigenvalue weighted by Crippen LogP contribution is 2.23. The summed E-state index contributed by atoms with van der Waals surface area (Å²) in [6, 6.07) is -0.345. The molecule has 0 amide bonds. The van der Waals surface area contributed by atoms with Crippen LogP contribution in [0, 0.1) is 5.82 Å². The molecule has 4 aromatic heterocycles. The van der Waals surface area contributed by atoms with Crippen LogP contribution in [-0.4, -0.2) is 39.5 Å². The Morgan fingerprint density at radius 2 is 1.81 bits per heavy atom. The molecule has 4 heterocycles. The monoisotopic (exact) mass is 366 g/mol. The lowest BCUT2D eigenvalue weighted by molar-refractivity contribution is 0.604. The summed E-state index contributed by atoms with van der Waals surface area (Å²) in [4.78, 5) is 29.6. The van der Waals surface area contributed by atoms with E-state index in [0.717, 1.165) is 12.4 Å². The minimum Gasteiger partial charge on any atom is -0.344 e. The van der Waals surface area contributed by atoms with Crippen molar-refractivity contribution in [1.82, 2.24) is 39.5 Å². The van der Waals surface area contributed by atoms with Gasteiger partial charge in [-0.05, 0) is 6.92 Å². The van der Waals surface area contributed by atoms with E-state index in [4.69, 9.17) is 0 Å². The lowest BCUT2D eigenvalue weighted by Gasteiger charge is -2.14. The van der Waals surface area contributed by atoms with Crippen LogP contribution in [-0.2, 0) is 7.05 Å². The van der Waals surface area contributed by atoms with Gasteiger partial charge in [-0.15, -0.1) is 0 Å². The summed E-state index contributed by atoms with van der Waals surface area (Å²) in [6.45, 7) is 1.82. The molecule has 0 aliphatic rings. The van der Waals surface area contributed by atoms with Gasteiger partial charge in [0.2, 0.25) is 5.95 Å². The van der Waals surface area contributed by atoms with Crippen LogP contribution in [0.15, 0.2) is 37.3 Å². The number of hydrogen-bond donors (Lipinski definition) is 2. The molecule has 0 aliphatic carbocycles. The molecule has 0 saturated carbocycles. The maximum absolute atomic E-state index is 13.0. The highest BCUT2D eigenvalue weighted by Gasteiger charge is 2.15.